The number of nitrogens with zero attached hydrogens (tertiary/aromatic N) is 4. The Morgan fingerprint density at radius 1 is 1.33 bits per heavy atom. The molecule has 100 valence electrons. The van der Waals surface area contributed by atoms with E-state index in [-0.39, 0.29) is 0 Å². The van der Waals surface area contributed by atoms with Crippen LogP contribution in [-0.2, 0) is 4.74 Å². The van der Waals surface area contributed by atoms with Crippen LogP contribution in [0.1, 0.15) is 17.4 Å². The summed E-state index contributed by atoms with van der Waals surface area (Å²) < 4.78 is 4.90. The molecule has 0 saturated carbocycles. The molecule has 1 rings (SSSR count). The second-order valence-corrected chi connectivity index (χ2v) is 4.19. The molecule has 0 radical (unpaired) electrons. The molecule has 0 aliphatic heterocycles. The van der Waals surface area contributed by atoms with Crippen LogP contribution in [-0.4, -0.2) is 61.7 Å². The maximum atomic E-state index is 11.5. The lowest BCUT2D eigenvalue weighted by atomic mass is 10.4. The Morgan fingerprint density at radius 2 is 2.06 bits per heavy atom. The van der Waals surface area contributed by atoms with Gasteiger partial charge in [-0.2, -0.15) is 0 Å². The minimum Gasteiger partial charge on any atom is -0.461 e. The maximum absolute atomic E-state index is 11.5. The minimum atomic E-state index is -0.415. The topological polar surface area (TPSA) is 58.6 Å². The first kappa shape index (κ1) is 14.4. The van der Waals surface area contributed by atoms with Gasteiger partial charge in [-0.1, -0.05) is 0 Å². The quantitative estimate of drug-likeness (QED) is 0.693. The van der Waals surface area contributed by atoms with Gasteiger partial charge in [-0.25, -0.2) is 14.8 Å². The first-order valence-corrected chi connectivity index (χ1v) is 5.90. The van der Waals surface area contributed by atoms with E-state index >= 15 is 0 Å². The monoisotopic (exact) mass is 252 g/mol. The number of esters is 1. The number of ether oxygens (including phenoxy) is 1. The summed E-state index contributed by atoms with van der Waals surface area (Å²) in [5.41, 5.74) is 0.290. The van der Waals surface area contributed by atoms with Gasteiger partial charge in [-0.05, 0) is 27.1 Å². The zero-order valence-electron chi connectivity index (χ0n) is 11.4. The second kappa shape index (κ2) is 6.90. The lowest BCUT2D eigenvalue weighted by molar-refractivity contribution is 0.0519. The molecule has 0 fully saturated rings. The normalized spacial score (nSPS) is 10.5. The summed E-state index contributed by atoms with van der Waals surface area (Å²) in [7, 11) is 5.90. The van der Waals surface area contributed by atoms with Crippen LogP contribution in [0, 0.1) is 0 Å². The second-order valence-electron chi connectivity index (χ2n) is 4.19. The highest BCUT2D eigenvalue weighted by Gasteiger charge is 2.11. The van der Waals surface area contributed by atoms with Crippen LogP contribution in [0.15, 0.2) is 12.3 Å². The lowest BCUT2D eigenvalue weighted by Gasteiger charge is -2.19. The third kappa shape index (κ3) is 4.29. The van der Waals surface area contributed by atoms with Crippen molar-refractivity contribution < 1.29 is 9.53 Å². The fraction of sp³-hybridized carbons (Fsp3) is 0.583. The lowest BCUT2D eigenvalue weighted by Crippen LogP contribution is -2.30. The van der Waals surface area contributed by atoms with Crippen molar-refractivity contribution in [1.82, 2.24) is 14.9 Å². The number of anilines is 1. The molecule has 1 aromatic heterocycles. The fourth-order valence-corrected chi connectivity index (χ4v) is 1.30. The number of carbonyl (C=O) groups excluding carboxylic acids is 1. The third-order valence-corrected chi connectivity index (χ3v) is 2.35. The van der Waals surface area contributed by atoms with Gasteiger partial charge in [-0.15, -0.1) is 0 Å². The molecular formula is C12H20N4O2. The predicted octanol–water partition coefficient (Wildman–Crippen LogP) is 0.651. The molecule has 1 heterocycles. The van der Waals surface area contributed by atoms with Crippen molar-refractivity contribution >= 4 is 11.9 Å². The molecule has 0 saturated heterocycles. The molecule has 6 heteroatoms. The van der Waals surface area contributed by atoms with Gasteiger partial charge in [0.1, 0.15) is 0 Å². The van der Waals surface area contributed by atoms with E-state index in [2.05, 4.69) is 14.9 Å². The van der Waals surface area contributed by atoms with Gasteiger partial charge in [0.2, 0.25) is 5.95 Å². The summed E-state index contributed by atoms with van der Waals surface area (Å²) in [6, 6.07) is 1.56. The number of carbonyl (C=O) groups is 1. The van der Waals surface area contributed by atoms with Gasteiger partial charge in [0.05, 0.1) is 6.61 Å². The molecule has 0 aliphatic rings. The summed E-state index contributed by atoms with van der Waals surface area (Å²) in [5, 5.41) is 0. The van der Waals surface area contributed by atoms with Crippen molar-refractivity contribution in [2.75, 3.05) is 45.7 Å². The SMILES string of the molecule is CCOC(=O)c1ccnc(N(C)CCN(C)C)n1. The van der Waals surface area contributed by atoms with Crippen LogP contribution >= 0.6 is 0 Å². The summed E-state index contributed by atoms with van der Waals surface area (Å²) in [4.78, 5) is 23.9. The largest absolute Gasteiger partial charge is 0.461 e. The Balaban J connectivity index is 2.72. The molecule has 6 nitrogen and oxygen atoms in total. The van der Waals surface area contributed by atoms with Crippen molar-refractivity contribution in [2.24, 2.45) is 0 Å². The van der Waals surface area contributed by atoms with Crippen molar-refractivity contribution in [3.8, 4) is 0 Å². The van der Waals surface area contributed by atoms with E-state index in [0.717, 1.165) is 13.1 Å². The number of rotatable bonds is 6. The van der Waals surface area contributed by atoms with E-state index in [1.165, 1.54) is 0 Å². The molecular weight excluding hydrogens is 232 g/mol. The average molecular weight is 252 g/mol. The van der Waals surface area contributed by atoms with E-state index in [4.69, 9.17) is 4.74 Å². The van der Waals surface area contributed by atoms with Crippen LogP contribution in [0.4, 0.5) is 5.95 Å². The summed E-state index contributed by atoms with van der Waals surface area (Å²) in [5.74, 6) is 0.115. The molecule has 0 unspecified atom stereocenters. The fourth-order valence-electron chi connectivity index (χ4n) is 1.30. The third-order valence-electron chi connectivity index (χ3n) is 2.35. The minimum absolute atomic E-state index is 0.290. The van der Waals surface area contributed by atoms with Gasteiger partial charge < -0.3 is 14.5 Å². The van der Waals surface area contributed by atoms with Gasteiger partial charge >= 0.3 is 5.97 Å². The van der Waals surface area contributed by atoms with E-state index in [1.54, 1.807) is 19.2 Å². The summed E-state index contributed by atoms with van der Waals surface area (Å²) >= 11 is 0. The highest BCUT2D eigenvalue weighted by molar-refractivity contribution is 5.87. The number of hydrogen-bond acceptors (Lipinski definition) is 6. The zero-order valence-corrected chi connectivity index (χ0v) is 11.4. The highest BCUT2D eigenvalue weighted by atomic mass is 16.5. The molecule has 0 aliphatic carbocycles. The molecule has 18 heavy (non-hydrogen) atoms. The Kier molecular flexibility index (Phi) is 5.51. The standard InChI is InChI=1S/C12H20N4O2/c1-5-18-11(17)10-6-7-13-12(14-10)16(4)9-8-15(2)3/h6-7H,5,8-9H2,1-4H3. The highest BCUT2D eigenvalue weighted by Crippen LogP contribution is 2.06. The summed E-state index contributed by atoms with van der Waals surface area (Å²) in [6.45, 7) is 3.79. The van der Waals surface area contributed by atoms with Crippen LogP contribution in [0.3, 0.4) is 0 Å². The van der Waals surface area contributed by atoms with Crippen LogP contribution in [0.2, 0.25) is 0 Å². The molecule has 0 N–H and O–H groups in total. The van der Waals surface area contributed by atoms with Crippen molar-refractivity contribution in [3.63, 3.8) is 0 Å². The van der Waals surface area contributed by atoms with Gasteiger partial charge in [0.15, 0.2) is 5.69 Å². The van der Waals surface area contributed by atoms with E-state index in [9.17, 15) is 4.79 Å². The number of hydrogen-bond donors (Lipinski definition) is 0. The van der Waals surface area contributed by atoms with Crippen LogP contribution in [0.5, 0.6) is 0 Å². The predicted molar refractivity (Wildman–Crippen MR) is 69.8 cm³/mol. The smallest absolute Gasteiger partial charge is 0.357 e. The van der Waals surface area contributed by atoms with E-state index < -0.39 is 5.97 Å². The molecule has 0 bridgehead atoms. The maximum Gasteiger partial charge on any atom is 0.357 e. The van der Waals surface area contributed by atoms with Crippen molar-refractivity contribution in [1.29, 1.82) is 0 Å². The number of likely N-dealkylation sites (N-methyl/N-ethyl adjacent to an activating group) is 2. The van der Waals surface area contributed by atoms with Gasteiger partial charge in [0, 0.05) is 26.3 Å². The van der Waals surface area contributed by atoms with Gasteiger partial charge in [0.25, 0.3) is 0 Å². The Labute approximate surface area is 108 Å². The number of aromatic nitrogens is 2. The van der Waals surface area contributed by atoms with E-state index in [0.29, 0.717) is 18.2 Å². The molecule has 0 amide bonds. The Hall–Kier alpha value is -1.69. The first-order valence-electron chi connectivity index (χ1n) is 5.90. The Morgan fingerprint density at radius 3 is 2.67 bits per heavy atom. The van der Waals surface area contributed by atoms with E-state index in [1.807, 2.05) is 26.0 Å². The first-order chi connectivity index (χ1) is 8.54. The van der Waals surface area contributed by atoms with Crippen molar-refractivity contribution in [3.05, 3.63) is 18.0 Å². The molecule has 0 atom stereocenters. The molecule has 1 aromatic rings. The molecule has 0 spiro atoms. The van der Waals surface area contributed by atoms with Crippen LogP contribution in [0.25, 0.3) is 0 Å². The Bertz CT molecular complexity index is 395. The zero-order chi connectivity index (χ0) is 13.5. The molecule has 0 aromatic carbocycles. The summed E-state index contributed by atoms with van der Waals surface area (Å²) in [6.07, 6.45) is 1.57. The van der Waals surface area contributed by atoms with Gasteiger partial charge in [-0.3, -0.25) is 0 Å². The van der Waals surface area contributed by atoms with Crippen molar-refractivity contribution in [2.45, 2.75) is 6.92 Å². The average Bonchev–Trinajstić information content (AvgIpc) is 2.36. The van der Waals surface area contributed by atoms with Crippen LogP contribution < -0.4 is 4.90 Å².